The van der Waals surface area contributed by atoms with Crippen LogP contribution < -0.4 is 4.90 Å². The largest absolute Gasteiger partial charge is 0.277 e. The zero-order valence-corrected chi connectivity index (χ0v) is 10.5. The summed E-state index contributed by atoms with van der Waals surface area (Å²) in [5.41, 5.74) is 0.865. The first kappa shape index (κ1) is 12.6. The molecule has 0 radical (unpaired) electrons. The molecule has 2 aromatic rings. The maximum Gasteiger partial charge on any atom is 0.241 e. The Morgan fingerprint density at radius 2 is 1.67 bits per heavy atom. The van der Waals surface area contributed by atoms with Gasteiger partial charge in [0.25, 0.3) is 0 Å². The summed E-state index contributed by atoms with van der Waals surface area (Å²) in [5.74, 6) is -0.686. The average molecular weight is 261 g/mol. The Labute approximate surface area is 110 Å². The number of carbonyl (C=O) groups is 1. The fraction of sp³-hybridized carbons (Fsp3) is 0.0714. The van der Waals surface area contributed by atoms with E-state index in [2.05, 4.69) is 12.6 Å². The second-order valence-electron chi connectivity index (χ2n) is 3.67. The topological polar surface area (TPSA) is 20.3 Å². The van der Waals surface area contributed by atoms with Crippen LogP contribution in [-0.4, -0.2) is 11.7 Å². The van der Waals surface area contributed by atoms with E-state index in [1.165, 1.54) is 11.0 Å². The van der Waals surface area contributed by atoms with Crippen molar-refractivity contribution in [3.63, 3.8) is 0 Å². The number of hydrogen-bond acceptors (Lipinski definition) is 2. The Balaban J connectivity index is 2.51. The van der Waals surface area contributed by atoms with E-state index in [4.69, 9.17) is 0 Å². The molecule has 0 heterocycles. The highest BCUT2D eigenvalue weighted by Gasteiger charge is 2.19. The lowest BCUT2D eigenvalue weighted by molar-refractivity contribution is -0.115. The maximum absolute atomic E-state index is 13.8. The van der Waals surface area contributed by atoms with Crippen LogP contribution in [0.5, 0.6) is 0 Å². The highest BCUT2D eigenvalue weighted by atomic mass is 32.1. The molecule has 0 aromatic heterocycles. The van der Waals surface area contributed by atoms with Crippen LogP contribution in [0.25, 0.3) is 0 Å². The molecule has 0 spiro atoms. The van der Waals surface area contributed by atoms with Crippen molar-refractivity contribution in [2.24, 2.45) is 0 Å². The number of thiol groups is 1. The van der Waals surface area contributed by atoms with Gasteiger partial charge in [0.1, 0.15) is 5.82 Å². The predicted molar refractivity (Wildman–Crippen MR) is 73.8 cm³/mol. The number of carbonyl (C=O) groups excluding carboxylic acids is 1. The van der Waals surface area contributed by atoms with Gasteiger partial charge in [-0.05, 0) is 24.3 Å². The molecule has 0 aliphatic carbocycles. The van der Waals surface area contributed by atoms with E-state index in [1.807, 2.05) is 6.07 Å². The molecule has 0 bridgehead atoms. The molecule has 0 atom stereocenters. The zero-order valence-electron chi connectivity index (χ0n) is 9.58. The molecule has 0 saturated heterocycles. The minimum Gasteiger partial charge on any atom is -0.277 e. The Bertz CT molecular complexity index is 545. The third kappa shape index (κ3) is 2.54. The van der Waals surface area contributed by atoms with Gasteiger partial charge in [0.2, 0.25) is 5.91 Å². The van der Waals surface area contributed by atoms with Crippen LogP contribution in [-0.2, 0) is 4.79 Å². The molecule has 0 saturated carbocycles. The number of rotatable bonds is 3. The summed E-state index contributed by atoms with van der Waals surface area (Å²) < 4.78 is 13.8. The Kier molecular flexibility index (Phi) is 3.99. The number of para-hydroxylation sites is 2. The van der Waals surface area contributed by atoms with E-state index < -0.39 is 5.82 Å². The number of anilines is 2. The lowest BCUT2D eigenvalue weighted by atomic mass is 10.2. The Morgan fingerprint density at radius 1 is 1.06 bits per heavy atom. The number of nitrogens with zero attached hydrogens (tertiary/aromatic N) is 1. The van der Waals surface area contributed by atoms with Crippen molar-refractivity contribution in [1.82, 2.24) is 0 Å². The molecule has 0 aliphatic heterocycles. The predicted octanol–water partition coefficient (Wildman–Crippen LogP) is 3.42. The van der Waals surface area contributed by atoms with Crippen molar-refractivity contribution in [3.8, 4) is 0 Å². The first-order valence-electron chi connectivity index (χ1n) is 5.47. The van der Waals surface area contributed by atoms with Crippen LogP contribution in [0, 0.1) is 5.82 Å². The molecule has 1 amide bonds. The summed E-state index contributed by atoms with van der Waals surface area (Å²) in [6, 6.07) is 15.1. The van der Waals surface area contributed by atoms with Gasteiger partial charge in [0.15, 0.2) is 0 Å². The van der Waals surface area contributed by atoms with Gasteiger partial charge < -0.3 is 0 Å². The molecule has 2 nitrogen and oxygen atoms in total. The van der Waals surface area contributed by atoms with E-state index in [0.717, 1.165) is 0 Å². The minimum absolute atomic E-state index is 0.0171. The fourth-order valence-electron chi connectivity index (χ4n) is 1.70. The summed E-state index contributed by atoms with van der Waals surface area (Å²) >= 11 is 3.98. The normalized spacial score (nSPS) is 10.1. The number of amides is 1. The Morgan fingerprint density at radius 3 is 2.28 bits per heavy atom. The van der Waals surface area contributed by atoms with Crippen LogP contribution in [0.15, 0.2) is 54.6 Å². The van der Waals surface area contributed by atoms with Crippen molar-refractivity contribution < 1.29 is 9.18 Å². The van der Waals surface area contributed by atoms with Crippen LogP contribution in [0.2, 0.25) is 0 Å². The van der Waals surface area contributed by atoms with Crippen LogP contribution in [0.3, 0.4) is 0 Å². The van der Waals surface area contributed by atoms with Gasteiger partial charge in [-0.15, -0.1) is 0 Å². The molecule has 18 heavy (non-hydrogen) atoms. The van der Waals surface area contributed by atoms with Crippen molar-refractivity contribution in [1.29, 1.82) is 0 Å². The highest BCUT2D eigenvalue weighted by Crippen LogP contribution is 2.27. The summed E-state index contributed by atoms with van der Waals surface area (Å²) in [6.45, 7) is 0. The average Bonchev–Trinajstić information content (AvgIpc) is 2.42. The molecule has 4 heteroatoms. The summed E-state index contributed by atoms with van der Waals surface area (Å²) in [5, 5.41) is 0. The summed E-state index contributed by atoms with van der Waals surface area (Å²) in [7, 11) is 0. The monoisotopic (exact) mass is 261 g/mol. The SMILES string of the molecule is O=C(CS)N(c1ccccc1)c1ccccc1F. The molecule has 0 N–H and O–H groups in total. The number of benzene rings is 2. The second kappa shape index (κ2) is 5.69. The summed E-state index contributed by atoms with van der Waals surface area (Å²) in [4.78, 5) is 13.3. The second-order valence-corrected chi connectivity index (χ2v) is 3.99. The van der Waals surface area contributed by atoms with Crippen LogP contribution >= 0.6 is 12.6 Å². The van der Waals surface area contributed by atoms with Crippen molar-refractivity contribution in [2.75, 3.05) is 10.7 Å². The van der Waals surface area contributed by atoms with E-state index in [-0.39, 0.29) is 17.3 Å². The van der Waals surface area contributed by atoms with Crippen molar-refractivity contribution in [3.05, 3.63) is 60.4 Å². The van der Waals surface area contributed by atoms with Crippen LogP contribution in [0.4, 0.5) is 15.8 Å². The lowest BCUT2D eigenvalue weighted by Gasteiger charge is -2.22. The van der Waals surface area contributed by atoms with Gasteiger partial charge in [0, 0.05) is 5.69 Å². The molecule has 0 fully saturated rings. The number of halogens is 1. The molecule has 2 rings (SSSR count). The van der Waals surface area contributed by atoms with Crippen molar-refractivity contribution >= 4 is 29.9 Å². The standard InChI is InChI=1S/C14H12FNOS/c15-12-8-4-5-9-13(12)16(14(17)10-18)11-6-2-1-3-7-11/h1-9,18H,10H2. The van der Waals surface area contributed by atoms with Crippen LogP contribution in [0.1, 0.15) is 0 Å². The quantitative estimate of drug-likeness (QED) is 0.839. The molecule has 2 aromatic carbocycles. The first-order chi connectivity index (χ1) is 8.74. The minimum atomic E-state index is -0.434. The number of hydrogen-bond donors (Lipinski definition) is 1. The lowest BCUT2D eigenvalue weighted by Crippen LogP contribution is -2.27. The van der Waals surface area contributed by atoms with Gasteiger partial charge in [0.05, 0.1) is 11.4 Å². The molecule has 0 unspecified atom stereocenters. The van der Waals surface area contributed by atoms with Gasteiger partial charge in [-0.2, -0.15) is 12.6 Å². The van der Waals surface area contributed by atoms with Gasteiger partial charge in [-0.25, -0.2) is 4.39 Å². The molecular weight excluding hydrogens is 249 g/mol. The van der Waals surface area contributed by atoms with Gasteiger partial charge in [-0.3, -0.25) is 9.69 Å². The maximum atomic E-state index is 13.8. The molecule has 92 valence electrons. The van der Waals surface area contributed by atoms with Crippen molar-refractivity contribution in [2.45, 2.75) is 0 Å². The first-order valence-corrected chi connectivity index (χ1v) is 6.10. The third-order valence-electron chi connectivity index (χ3n) is 2.49. The van der Waals surface area contributed by atoms with E-state index in [1.54, 1.807) is 42.5 Å². The highest BCUT2D eigenvalue weighted by molar-refractivity contribution is 7.81. The third-order valence-corrected chi connectivity index (χ3v) is 2.76. The van der Waals surface area contributed by atoms with E-state index >= 15 is 0 Å². The fourth-order valence-corrected chi connectivity index (χ4v) is 1.84. The Hall–Kier alpha value is -1.81. The van der Waals surface area contributed by atoms with E-state index in [9.17, 15) is 9.18 Å². The zero-order chi connectivity index (χ0) is 13.0. The molecule has 0 aliphatic rings. The molecular formula is C14H12FNOS. The smallest absolute Gasteiger partial charge is 0.241 e. The van der Waals surface area contributed by atoms with Gasteiger partial charge in [-0.1, -0.05) is 30.3 Å². The van der Waals surface area contributed by atoms with Gasteiger partial charge >= 0.3 is 0 Å². The van der Waals surface area contributed by atoms with E-state index in [0.29, 0.717) is 5.69 Å². The summed E-state index contributed by atoms with van der Waals surface area (Å²) in [6.07, 6.45) is 0.